The van der Waals surface area contributed by atoms with Crippen molar-refractivity contribution in [2.45, 2.75) is 24.9 Å². The molecule has 0 aromatic heterocycles. The first kappa shape index (κ1) is 25.8. The molecule has 40 heavy (non-hydrogen) atoms. The summed E-state index contributed by atoms with van der Waals surface area (Å²) >= 11 is 0. The van der Waals surface area contributed by atoms with E-state index in [0.717, 1.165) is 40.7 Å². The maximum atomic E-state index is 12.9. The fourth-order valence-corrected chi connectivity index (χ4v) is 5.85. The number of hydrogen-bond acceptors (Lipinski definition) is 6. The number of benzene rings is 4. The smallest absolute Gasteiger partial charge is 0.338 e. The van der Waals surface area contributed by atoms with Crippen molar-refractivity contribution in [1.82, 2.24) is 0 Å². The Morgan fingerprint density at radius 1 is 0.925 bits per heavy atom. The monoisotopic (exact) mass is 534 g/mol. The van der Waals surface area contributed by atoms with Crippen molar-refractivity contribution in [3.8, 4) is 11.5 Å². The number of anilines is 2. The largest absolute Gasteiger partial charge is 0.508 e. The second-order valence-corrected chi connectivity index (χ2v) is 10.8. The van der Waals surface area contributed by atoms with Crippen molar-refractivity contribution in [1.29, 1.82) is 0 Å². The van der Waals surface area contributed by atoms with Crippen molar-refractivity contribution < 1.29 is 19.4 Å². The molecule has 1 N–H and O–H groups in total. The van der Waals surface area contributed by atoms with Crippen LogP contribution < -0.4 is 14.5 Å². The maximum absolute atomic E-state index is 12.9. The van der Waals surface area contributed by atoms with E-state index >= 15 is 0 Å². The molecule has 6 rings (SSSR count). The van der Waals surface area contributed by atoms with E-state index in [1.807, 2.05) is 61.5 Å². The normalized spacial score (nSPS) is 18.2. The third-order valence-electron chi connectivity index (χ3n) is 8.10. The highest BCUT2D eigenvalue weighted by Gasteiger charge is 2.39. The molecule has 1 fully saturated rings. The summed E-state index contributed by atoms with van der Waals surface area (Å²) in [4.78, 5) is 17.4. The number of carbonyl (C=O) groups is 1. The number of hydrogen-bond donors (Lipinski definition) is 1. The zero-order chi connectivity index (χ0) is 27.9. The van der Waals surface area contributed by atoms with Gasteiger partial charge >= 0.3 is 5.97 Å². The number of phenols is 1. The van der Waals surface area contributed by atoms with Gasteiger partial charge in [-0.3, -0.25) is 0 Å². The van der Waals surface area contributed by atoms with E-state index in [0.29, 0.717) is 16.9 Å². The van der Waals surface area contributed by atoms with Crippen molar-refractivity contribution >= 4 is 34.2 Å². The van der Waals surface area contributed by atoms with E-state index in [1.165, 1.54) is 32.1 Å². The van der Waals surface area contributed by atoms with E-state index in [1.54, 1.807) is 12.1 Å². The SMILES string of the molecule is COC(=O)c1cc2ccc(N(C)C)cc2c2c1C=CC(c1ccc(O)cc1)(c1ccc(N3CCCCC3)cc1)O2. The van der Waals surface area contributed by atoms with Crippen molar-refractivity contribution in [3.05, 3.63) is 101 Å². The predicted molar refractivity (Wildman–Crippen MR) is 161 cm³/mol. The Balaban J connectivity index is 1.55. The summed E-state index contributed by atoms with van der Waals surface area (Å²) < 4.78 is 12.2. The quantitative estimate of drug-likeness (QED) is 0.286. The lowest BCUT2D eigenvalue weighted by molar-refractivity contribution is 0.0599. The standard InChI is InChI=1S/C34H34N2O4/c1-35(2)27-12-7-23-21-31(33(38)39-3)29-17-18-34(40-32(29)30(23)22-27,25-10-15-28(37)16-11-25)24-8-13-26(14-9-24)36-19-5-4-6-20-36/h7-18,21-22,37H,4-6,19-20H2,1-3H3. The van der Waals surface area contributed by atoms with E-state index in [-0.39, 0.29) is 5.75 Å². The van der Waals surface area contributed by atoms with Gasteiger partial charge in [-0.1, -0.05) is 30.3 Å². The molecule has 2 aliphatic rings. The Labute approximate surface area is 235 Å². The van der Waals surface area contributed by atoms with Crippen molar-refractivity contribution in [2.75, 3.05) is 44.1 Å². The summed E-state index contributed by atoms with van der Waals surface area (Å²) in [6.45, 7) is 2.14. The maximum Gasteiger partial charge on any atom is 0.338 e. The molecule has 0 saturated carbocycles. The molecule has 0 amide bonds. The molecule has 2 aliphatic heterocycles. The second-order valence-electron chi connectivity index (χ2n) is 10.8. The highest BCUT2D eigenvalue weighted by Crippen LogP contribution is 2.47. The van der Waals surface area contributed by atoms with Gasteiger partial charge in [0.2, 0.25) is 0 Å². The molecule has 0 aliphatic carbocycles. The predicted octanol–water partition coefficient (Wildman–Crippen LogP) is 6.74. The van der Waals surface area contributed by atoms with Gasteiger partial charge in [-0.05, 0) is 79.3 Å². The lowest BCUT2D eigenvalue weighted by atomic mass is 9.82. The molecule has 1 atom stereocenters. The summed E-state index contributed by atoms with van der Waals surface area (Å²) in [6, 6.07) is 23.7. The molecular weight excluding hydrogens is 500 g/mol. The lowest BCUT2D eigenvalue weighted by Gasteiger charge is -2.37. The molecule has 4 aromatic carbocycles. The number of fused-ring (bicyclic) bond motifs is 3. The number of carbonyl (C=O) groups excluding carboxylic acids is 1. The van der Waals surface area contributed by atoms with Crippen LogP contribution in [0.2, 0.25) is 0 Å². The highest BCUT2D eigenvalue weighted by atomic mass is 16.5. The topological polar surface area (TPSA) is 62.2 Å². The van der Waals surface area contributed by atoms with Crippen LogP contribution in [0.3, 0.4) is 0 Å². The highest BCUT2D eigenvalue weighted by molar-refractivity contribution is 6.04. The Bertz CT molecular complexity index is 1590. The number of esters is 1. The van der Waals surface area contributed by atoms with Gasteiger partial charge in [0.1, 0.15) is 11.5 Å². The lowest BCUT2D eigenvalue weighted by Crippen LogP contribution is -2.35. The number of methoxy groups -OCH3 is 1. The number of aromatic hydroxyl groups is 1. The minimum Gasteiger partial charge on any atom is -0.508 e. The number of ether oxygens (including phenoxy) is 2. The zero-order valence-corrected chi connectivity index (χ0v) is 23.2. The molecule has 0 spiro atoms. The molecule has 0 bridgehead atoms. The summed E-state index contributed by atoms with van der Waals surface area (Å²) in [6.07, 6.45) is 7.69. The van der Waals surface area contributed by atoms with Crippen LogP contribution in [0.15, 0.2) is 78.9 Å². The van der Waals surface area contributed by atoms with Crippen LogP contribution in [0.5, 0.6) is 11.5 Å². The molecule has 0 radical (unpaired) electrons. The molecule has 1 unspecified atom stereocenters. The molecule has 6 heteroatoms. The number of phenolic OH excluding ortho intramolecular Hbond substituents is 1. The van der Waals surface area contributed by atoms with Crippen LogP contribution in [0.4, 0.5) is 11.4 Å². The Kier molecular flexibility index (Phi) is 6.62. The number of nitrogens with zero attached hydrogens (tertiary/aromatic N) is 2. The third-order valence-corrected chi connectivity index (χ3v) is 8.10. The van der Waals surface area contributed by atoms with Gasteiger partial charge in [0.25, 0.3) is 0 Å². The van der Waals surface area contributed by atoms with Crippen LogP contribution in [0, 0.1) is 0 Å². The average molecular weight is 535 g/mol. The first-order chi connectivity index (χ1) is 19.4. The van der Waals surface area contributed by atoms with Gasteiger partial charge in [-0.2, -0.15) is 0 Å². The summed E-state index contributed by atoms with van der Waals surface area (Å²) in [7, 11) is 5.40. The second kappa shape index (κ2) is 10.3. The van der Waals surface area contributed by atoms with E-state index in [9.17, 15) is 9.90 Å². The van der Waals surface area contributed by atoms with E-state index in [2.05, 4.69) is 35.2 Å². The first-order valence-electron chi connectivity index (χ1n) is 13.8. The minimum absolute atomic E-state index is 0.189. The van der Waals surface area contributed by atoms with Gasteiger partial charge < -0.3 is 24.4 Å². The fraction of sp³-hybridized carbons (Fsp3) is 0.265. The summed E-state index contributed by atoms with van der Waals surface area (Å²) in [5.41, 5.74) is 4.24. The summed E-state index contributed by atoms with van der Waals surface area (Å²) in [5.74, 6) is 0.400. The number of rotatable bonds is 5. The Hall–Kier alpha value is -4.45. The summed E-state index contributed by atoms with van der Waals surface area (Å²) in [5, 5.41) is 11.9. The molecule has 2 heterocycles. The van der Waals surface area contributed by atoms with Crippen LogP contribution in [0.1, 0.15) is 46.3 Å². The molecular formula is C34H34N2O4. The minimum atomic E-state index is -0.975. The fourth-order valence-electron chi connectivity index (χ4n) is 5.85. The molecule has 1 saturated heterocycles. The van der Waals surface area contributed by atoms with Gasteiger partial charge in [0.05, 0.1) is 12.7 Å². The molecule has 4 aromatic rings. The van der Waals surface area contributed by atoms with E-state index in [4.69, 9.17) is 9.47 Å². The van der Waals surface area contributed by atoms with Crippen LogP contribution in [0.25, 0.3) is 16.8 Å². The first-order valence-corrected chi connectivity index (χ1v) is 13.8. The zero-order valence-electron chi connectivity index (χ0n) is 23.2. The number of piperidine rings is 1. The average Bonchev–Trinajstić information content (AvgIpc) is 3.00. The Morgan fingerprint density at radius 3 is 2.25 bits per heavy atom. The van der Waals surface area contributed by atoms with Crippen LogP contribution in [-0.2, 0) is 10.3 Å². The van der Waals surface area contributed by atoms with Gasteiger partial charge in [0.15, 0.2) is 5.60 Å². The molecule has 6 nitrogen and oxygen atoms in total. The molecule has 204 valence electrons. The van der Waals surface area contributed by atoms with E-state index < -0.39 is 11.6 Å². The van der Waals surface area contributed by atoms with Crippen LogP contribution in [-0.4, -0.2) is 45.4 Å². The van der Waals surface area contributed by atoms with Crippen molar-refractivity contribution in [2.24, 2.45) is 0 Å². The van der Waals surface area contributed by atoms with Gasteiger partial charge in [-0.25, -0.2) is 4.79 Å². The van der Waals surface area contributed by atoms with Gasteiger partial charge in [0, 0.05) is 60.6 Å². The third kappa shape index (κ3) is 4.43. The van der Waals surface area contributed by atoms with Gasteiger partial charge in [-0.15, -0.1) is 0 Å². The Morgan fingerprint density at radius 2 is 1.60 bits per heavy atom. The van der Waals surface area contributed by atoms with Crippen LogP contribution >= 0.6 is 0 Å². The van der Waals surface area contributed by atoms with Crippen molar-refractivity contribution in [3.63, 3.8) is 0 Å².